The Balaban J connectivity index is 1.48. The molecule has 0 bridgehead atoms. The van der Waals surface area contributed by atoms with Crippen LogP contribution < -0.4 is 0 Å². The Kier molecular flexibility index (Phi) is 4.29. The molecule has 2 aromatic heterocycles. The number of hydrogen-bond acceptors (Lipinski definition) is 6. The first kappa shape index (κ1) is 16.9. The van der Waals surface area contributed by atoms with E-state index in [2.05, 4.69) is 20.0 Å². The molecule has 1 aliphatic heterocycles. The van der Waals surface area contributed by atoms with Crippen molar-refractivity contribution in [2.24, 2.45) is 0 Å². The summed E-state index contributed by atoms with van der Waals surface area (Å²) in [6.45, 7) is 2.31. The molecule has 0 saturated carbocycles. The van der Waals surface area contributed by atoms with Gasteiger partial charge in [0.1, 0.15) is 0 Å². The van der Waals surface area contributed by atoms with E-state index in [-0.39, 0.29) is 5.16 Å². The summed E-state index contributed by atoms with van der Waals surface area (Å²) in [5.41, 5.74) is 3.98. The van der Waals surface area contributed by atoms with Crippen LogP contribution in [-0.2, 0) is 29.3 Å². The van der Waals surface area contributed by atoms with E-state index in [1.54, 1.807) is 6.20 Å². The number of aromatic nitrogens is 4. The maximum atomic E-state index is 11.6. The number of fused-ring (bicyclic) bond motifs is 1. The normalized spacial score (nSPS) is 15.0. The van der Waals surface area contributed by atoms with Gasteiger partial charge < -0.3 is 0 Å². The minimum absolute atomic E-state index is 0.0890. The van der Waals surface area contributed by atoms with Gasteiger partial charge in [-0.3, -0.25) is 4.90 Å². The monoisotopic (exact) mass is 369 g/mol. The third-order valence-electron chi connectivity index (χ3n) is 4.39. The minimum Gasteiger partial charge on any atom is -0.294 e. The molecule has 0 saturated heterocycles. The van der Waals surface area contributed by atoms with E-state index in [1.807, 2.05) is 47.4 Å². The van der Waals surface area contributed by atoms with Crippen LogP contribution >= 0.6 is 0 Å². The first-order valence-electron chi connectivity index (χ1n) is 8.35. The molecule has 7 nitrogen and oxygen atoms in total. The summed E-state index contributed by atoms with van der Waals surface area (Å²) in [5, 5.41) is 4.34. The topological polar surface area (TPSA) is 81.0 Å². The van der Waals surface area contributed by atoms with Crippen molar-refractivity contribution in [1.82, 2.24) is 24.6 Å². The van der Waals surface area contributed by atoms with Crippen LogP contribution in [0.5, 0.6) is 0 Å². The van der Waals surface area contributed by atoms with Gasteiger partial charge in [0.25, 0.3) is 0 Å². The standard InChI is InChI=1S/C18H19N5O2S/c1-26(24,25)18-19-10-15-13-22(8-7-17(15)21-18)11-14-9-20-23(12-14)16-5-3-2-4-6-16/h2-6,9-10,12H,7-8,11,13H2,1H3. The Labute approximate surface area is 152 Å². The molecule has 0 radical (unpaired) electrons. The lowest BCUT2D eigenvalue weighted by Crippen LogP contribution is -2.31. The number of nitrogens with zero attached hydrogens (tertiary/aromatic N) is 5. The SMILES string of the molecule is CS(=O)(=O)c1ncc2c(n1)CCN(Cc1cnn(-c3ccccc3)c1)C2. The summed E-state index contributed by atoms with van der Waals surface area (Å²) >= 11 is 0. The molecule has 0 atom stereocenters. The molecular weight excluding hydrogens is 350 g/mol. The first-order valence-corrected chi connectivity index (χ1v) is 10.2. The molecule has 4 rings (SSSR count). The Morgan fingerprint density at radius 2 is 1.96 bits per heavy atom. The summed E-state index contributed by atoms with van der Waals surface area (Å²) in [5.74, 6) is 0. The lowest BCUT2D eigenvalue weighted by atomic mass is 10.1. The van der Waals surface area contributed by atoms with Crippen LogP contribution in [0.3, 0.4) is 0 Å². The number of hydrogen-bond donors (Lipinski definition) is 0. The molecule has 3 aromatic rings. The first-order chi connectivity index (χ1) is 12.5. The van der Waals surface area contributed by atoms with Gasteiger partial charge in [0.2, 0.25) is 15.0 Å². The maximum absolute atomic E-state index is 11.6. The van der Waals surface area contributed by atoms with Crippen molar-refractivity contribution in [3.8, 4) is 5.69 Å². The van der Waals surface area contributed by atoms with Crippen molar-refractivity contribution < 1.29 is 8.42 Å². The zero-order valence-electron chi connectivity index (χ0n) is 14.4. The molecule has 1 aliphatic rings. The second kappa shape index (κ2) is 6.62. The molecule has 8 heteroatoms. The third-order valence-corrected chi connectivity index (χ3v) is 5.25. The fraction of sp³-hybridized carbons (Fsp3) is 0.278. The van der Waals surface area contributed by atoms with Gasteiger partial charge in [0, 0.05) is 55.8 Å². The van der Waals surface area contributed by atoms with Crippen LogP contribution in [-0.4, -0.2) is 45.9 Å². The van der Waals surface area contributed by atoms with Crippen LogP contribution in [0.2, 0.25) is 0 Å². The van der Waals surface area contributed by atoms with Crippen molar-refractivity contribution in [3.63, 3.8) is 0 Å². The van der Waals surface area contributed by atoms with Crippen molar-refractivity contribution in [2.45, 2.75) is 24.7 Å². The van der Waals surface area contributed by atoms with E-state index in [1.165, 1.54) is 0 Å². The van der Waals surface area contributed by atoms with Gasteiger partial charge in [-0.2, -0.15) is 5.10 Å². The van der Waals surface area contributed by atoms with E-state index in [0.717, 1.165) is 41.9 Å². The smallest absolute Gasteiger partial charge is 0.246 e. The highest BCUT2D eigenvalue weighted by Gasteiger charge is 2.21. The molecule has 0 aliphatic carbocycles. The van der Waals surface area contributed by atoms with Gasteiger partial charge in [0.15, 0.2) is 0 Å². The molecule has 0 fully saturated rings. The van der Waals surface area contributed by atoms with Crippen molar-refractivity contribution in [1.29, 1.82) is 0 Å². The van der Waals surface area contributed by atoms with E-state index in [0.29, 0.717) is 13.0 Å². The van der Waals surface area contributed by atoms with Gasteiger partial charge in [0.05, 0.1) is 17.6 Å². The molecule has 0 spiro atoms. The molecule has 1 aromatic carbocycles. The molecule has 0 amide bonds. The number of para-hydroxylation sites is 1. The molecule has 0 N–H and O–H groups in total. The minimum atomic E-state index is -3.37. The van der Waals surface area contributed by atoms with Crippen LogP contribution in [0.25, 0.3) is 5.69 Å². The summed E-state index contributed by atoms with van der Waals surface area (Å²) < 4.78 is 25.1. The average Bonchev–Trinajstić information content (AvgIpc) is 3.10. The van der Waals surface area contributed by atoms with E-state index in [4.69, 9.17) is 0 Å². The second-order valence-corrected chi connectivity index (χ2v) is 8.40. The van der Waals surface area contributed by atoms with Gasteiger partial charge in [-0.05, 0) is 12.1 Å². The quantitative estimate of drug-likeness (QED) is 0.650. The highest BCUT2D eigenvalue weighted by Crippen LogP contribution is 2.20. The van der Waals surface area contributed by atoms with Gasteiger partial charge in [-0.1, -0.05) is 18.2 Å². The zero-order chi connectivity index (χ0) is 18.1. The van der Waals surface area contributed by atoms with E-state index < -0.39 is 9.84 Å². The average molecular weight is 369 g/mol. The fourth-order valence-electron chi connectivity index (χ4n) is 3.09. The van der Waals surface area contributed by atoms with Gasteiger partial charge in [-0.25, -0.2) is 23.1 Å². The van der Waals surface area contributed by atoms with Crippen molar-refractivity contribution in [2.75, 3.05) is 12.8 Å². The fourth-order valence-corrected chi connectivity index (χ4v) is 3.61. The zero-order valence-corrected chi connectivity index (χ0v) is 15.2. The lowest BCUT2D eigenvalue weighted by molar-refractivity contribution is 0.242. The number of sulfone groups is 1. The van der Waals surface area contributed by atoms with Crippen LogP contribution in [0.1, 0.15) is 16.8 Å². The highest BCUT2D eigenvalue weighted by atomic mass is 32.2. The lowest BCUT2D eigenvalue weighted by Gasteiger charge is -2.27. The van der Waals surface area contributed by atoms with Crippen LogP contribution in [0.4, 0.5) is 0 Å². The second-order valence-electron chi connectivity index (χ2n) is 6.49. The largest absolute Gasteiger partial charge is 0.294 e. The number of rotatable bonds is 4. The van der Waals surface area contributed by atoms with E-state index >= 15 is 0 Å². The summed E-state index contributed by atoms with van der Waals surface area (Å²) in [4.78, 5) is 10.5. The molecular formula is C18H19N5O2S. The molecule has 134 valence electrons. The summed E-state index contributed by atoms with van der Waals surface area (Å²) in [6.07, 6.45) is 7.40. The predicted molar refractivity (Wildman–Crippen MR) is 96.5 cm³/mol. The Morgan fingerprint density at radius 3 is 2.73 bits per heavy atom. The Bertz CT molecular complexity index is 1030. The highest BCUT2D eigenvalue weighted by molar-refractivity contribution is 7.90. The predicted octanol–water partition coefficient (Wildman–Crippen LogP) is 1.62. The maximum Gasteiger partial charge on any atom is 0.246 e. The molecule has 3 heterocycles. The van der Waals surface area contributed by atoms with Gasteiger partial charge >= 0.3 is 0 Å². The van der Waals surface area contributed by atoms with Crippen molar-refractivity contribution in [3.05, 3.63) is 65.7 Å². The van der Waals surface area contributed by atoms with E-state index in [9.17, 15) is 8.42 Å². The Hall–Kier alpha value is -2.58. The van der Waals surface area contributed by atoms with Crippen LogP contribution in [0.15, 0.2) is 54.1 Å². The molecule has 0 unspecified atom stereocenters. The number of benzene rings is 1. The van der Waals surface area contributed by atoms with Gasteiger partial charge in [-0.15, -0.1) is 0 Å². The Morgan fingerprint density at radius 1 is 1.15 bits per heavy atom. The molecule has 26 heavy (non-hydrogen) atoms. The third kappa shape index (κ3) is 3.51. The summed E-state index contributed by atoms with van der Waals surface area (Å²) in [7, 11) is -3.37. The van der Waals surface area contributed by atoms with Crippen molar-refractivity contribution >= 4 is 9.84 Å². The van der Waals surface area contributed by atoms with Crippen LogP contribution in [0, 0.1) is 0 Å². The summed E-state index contributed by atoms with van der Waals surface area (Å²) in [6, 6.07) is 10.00.